The lowest BCUT2D eigenvalue weighted by Gasteiger charge is -2.23. The van der Waals surface area contributed by atoms with Gasteiger partial charge in [-0.3, -0.25) is 4.79 Å². The molecular weight excluding hydrogens is 250 g/mol. The fourth-order valence-corrected chi connectivity index (χ4v) is 1.84. The average Bonchev–Trinajstić information content (AvgIpc) is 2.34. The summed E-state index contributed by atoms with van der Waals surface area (Å²) in [5.74, 6) is 0.210. The molecular formula is C14H20ClNO2. The van der Waals surface area contributed by atoms with Gasteiger partial charge >= 0.3 is 0 Å². The van der Waals surface area contributed by atoms with Crippen LogP contribution in [-0.2, 0) is 9.53 Å². The minimum absolute atomic E-state index is 0.0183. The predicted octanol–water partition coefficient (Wildman–Crippen LogP) is 3.19. The van der Waals surface area contributed by atoms with Crippen molar-refractivity contribution in [1.29, 1.82) is 0 Å². The van der Waals surface area contributed by atoms with Crippen molar-refractivity contribution in [3.8, 4) is 0 Å². The summed E-state index contributed by atoms with van der Waals surface area (Å²) in [6.07, 6.45) is 0. The van der Waals surface area contributed by atoms with Gasteiger partial charge in [-0.25, -0.2) is 0 Å². The Labute approximate surface area is 113 Å². The van der Waals surface area contributed by atoms with Crippen LogP contribution >= 0.6 is 11.6 Å². The SMILES string of the molecule is CCOCC(=O)NC(c1ccc(Cl)cc1)C(C)C. The highest BCUT2D eigenvalue weighted by atomic mass is 35.5. The average molecular weight is 270 g/mol. The number of halogens is 1. The van der Waals surface area contributed by atoms with Crippen molar-refractivity contribution in [2.45, 2.75) is 26.8 Å². The third-order valence-corrected chi connectivity index (χ3v) is 2.90. The molecule has 1 aromatic rings. The van der Waals surface area contributed by atoms with Crippen molar-refractivity contribution in [2.75, 3.05) is 13.2 Å². The van der Waals surface area contributed by atoms with E-state index in [4.69, 9.17) is 16.3 Å². The number of carbonyl (C=O) groups is 1. The van der Waals surface area contributed by atoms with Gasteiger partial charge in [-0.05, 0) is 30.5 Å². The van der Waals surface area contributed by atoms with Gasteiger partial charge in [0.1, 0.15) is 6.61 Å². The molecule has 0 fully saturated rings. The van der Waals surface area contributed by atoms with Gasteiger partial charge in [0, 0.05) is 11.6 Å². The zero-order valence-electron chi connectivity index (χ0n) is 11.1. The Balaban J connectivity index is 2.71. The molecule has 0 bridgehead atoms. The van der Waals surface area contributed by atoms with Crippen molar-refractivity contribution in [3.63, 3.8) is 0 Å². The van der Waals surface area contributed by atoms with Crippen LogP contribution in [0.5, 0.6) is 0 Å². The summed E-state index contributed by atoms with van der Waals surface area (Å²) in [5, 5.41) is 3.68. The summed E-state index contributed by atoms with van der Waals surface area (Å²) in [6.45, 7) is 6.65. The molecule has 1 atom stereocenters. The lowest BCUT2D eigenvalue weighted by atomic mass is 9.96. The van der Waals surface area contributed by atoms with Crippen LogP contribution in [-0.4, -0.2) is 19.1 Å². The molecule has 0 saturated carbocycles. The molecule has 1 N–H and O–H groups in total. The second-order valence-corrected chi connectivity index (χ2v) is 4.91. The molecule has 1 unspecified atom stereocenters. The number of nitrogens with one attached hydrogen (secondary N) is 1. The second kappa shape index (κ2) is 7.39. The van der Waals surface area contributed by atoms with Gasteiger partial charge in [-0.1, -0.05) is 37.6 Å². The summed E-state index contributed by atoms with van der Waals surface area (Å²) < 4.78 is 5.10. The largest absolute Gasteiger partial charge is 0.372 e. The number of hydrogen-bond donors (Lipinski definition) is 1. The van der Waals surface area contributed by atoms with Crippen LogP contribution in [0.4, 0.5) is 0 Å². The predicted molar refractivity (Wildman–Crippen MR) is 73.7 cm³/mol. The minimum atomic E-state index is -0.0921. The van der Waals surface area contributed by atoms with Crippen LogP contribution in [0.25, 0.3) is 0 Å². The van der Waals surface area contributed by atoms with Gasteiger partial charge in [-0.2, -0.15) is 0 Å². The number of carbonyl (C=O) groups excluding carboxylic acids is 1. The monoisotopic (exact) mass is 269 g/mol. The fourth-order valence-electron chi connectivity index (χ4n) is 1.71. The maximum absolute atomic E-state index is 11.7. The topological polar surface area (TPSA) is 38.3 Å². The first-order valence-electron chi connectivity index (χ1n) is 6.17. The summed E-state index contributed by atoms with van der Waals surface area (Å²) >= 11 is 5.86. The van der Waals surface area contributed by atoms with Gasteiger partial charge < -0.3 is 10.1 Å². The fraction of sp³-hybridized carbons (Fsp3) is 0.500. The molecule has 0 radical (unpaired) electrons. The molecule has 0 spiro atoms. The van der Waals surface area contributed by atoms with E-state index in [1.807, 2.05) is 31.2 Å². The third-order valence-electron chi connectivity index (χ3n) is 2.65. The molecule has 18 heavy (non-hydrogen) atoms. The first kappa shape index (κ1) is 15.0. The smallest absolute Gasteiger partial charge is 0.246 e. The number of ether oxygens (including phenoxy) is 1. The van der Waals surface area contributed by atoms with E-state index in [1.54, 1.807) is 0 Å². The van der Waals surface area contributed by atoms with Crippen molar-refractivity contribution in [3.05, 3.63) is 34.9 Å². The number of amides is 1. The standard InChI is InChI=1S/C14H20ClNO2/c1-4-18-9-13(17)16-14(10(2)3)11-5-7-12(15)8-6-11/h5-8,10,14H,4,9H2,1-3H3,(H,16,17). The van der Waals surface area contributed by atoms with Crippen LogP contribution in [0.15, 0.2) is 24.3 Å². The maximum atomic E-state index is 11.7. The van der Waals surface area contributed by atoms with Crippen molar-refractivity contribution in [2.24, 2.45) is 5.92 Å². The minimum Gasteiger partial charge on any atom is -0.372 e. The van der Waals surface area contributed by atoms with Crippen LogP contribution in [0.1, 0.15) is 32.4 Å². The first-order chi connectivity index (χ1) is 8.54. The van der Waals surface area contributed by atoms with Gasteiger partial charge in [0.25, 0.3) is 0 Å². The van der Waals surface area contributed by atoms with E-state index in [0.717, 1.165) is 5.56 Å². The molecule has 3 nitrogen and oxygen atoms in total. The summed E-state index contributed by atoms with van der Waals surface area (Å²) in [4.78, 5) is 11.7. The van der Waals surface area contributed by atoms with E-state index in [0.29, 0.717) is 17.5 Å². The number of rotatable bonds is 6. The van der Waals surface area contributed by atoms with E-state index in [1.165, 1.54) is 0 Å². The Hall–Kier alpha value is -1.06. The highest BCUT2D eigenvalue weighted by Gasteiger charge is 2.18. The van der Waals surface area contributed by atoms with Gasteiger partial charge in [0.05, 0.1) is 6.04 Å². The molecule has 0 aromatic heterocycles. The maximum Gasteiger partial charge on any atom is 0.246 e. The van der Waals surface area contributed by atoms with Crippen LogP contribution in [0.2, 0.25) is 5.02 Å². The molecule has 0 saturated heterocycles. The second-order valence-electron chi connectivity index (χ2n) is 4.48. The Bertz CT molecular complexity index is 376. The van der Waals surface area contributed by atoms with Crippen LogP contribution in [0.3, 0.4) is 0 Å². The van der Waals surface area contributed by atoms with Gasteiger partial charge in [-0.15, -0.1) is 0 Å². The zero-order valence-corrected chi connectivity index (χ0v) is 11.8. The van der Waals surface area contributed by atoms with E-state index < -0.39 is 0 Å². The van der Waals surface area contributed by atoms with Gasteiger partial charge in [0.15, 0.2) is 0 Å². The third kappa shape index (κ3) is 4.67. The quantitative estimate of drug-likeness (QED) is 0.861. The Morgan fingerprint density at radius 2 is 1.94 bits per heavy atom. The normalized spacial score (nSPS) is 12.5. The first-order valence-corrected chi connectivity index (χ1v) is 6.55. The molecule has 0 aliphatic rings. The number of hydrogen-bond acceptors (Lipinski definition) is 2. The Morgan fingerprint density at radius 1 is 1.33 bits per heavy atom. The van der Waals surface area contributed by atoms with Crippen molar-refractivity contribution >= 4 is 17.5 Å². The Morgan fingerprint density at radius 3 is 2.44 bits per heavy atom. The molecule has 100 valence electrons. The van der Waals surface area contributed by atoms with E-state index in [2.05, 4.69) is 19.2 Å². The summed E-state index contributed by atoms with van der Waals surface area (Å²) in [6, 6.07) is 7.53. The number of benzene rings is 1. The van der Waals surface area contributed by atoms with Crippen molar-refractivity contribution < 1.29 is 9.53 Å². The molecule has 4 heteroatoms. The van der Waals surface area contributed by atoms with Crippen LogP contribution in [0, 0.1) is 5.92 Å². The highest BCUT2D eigenvalue weighted by molar-refractivity contribution is 6.30. The molecule has 0 heterocycles. The molecule has 0 aliphatic carbocycles. The van der Waals surface area contributed by atoms with Gasteiger partial charge in [0.2, 0.25) is 5.91 Å². The summed E-state index contributed by atoms with van der Waals surface area (Å²) in [5.41, 5.74) is 1.05. The van der Waals surface area contributed by atoms with Crippen LogP contribution < -0.4 is 5.32 Å². The van der Waals surface area contributed by atoms with E-state index in [-0.39, 0.29) is 18.6 Å². The van der Waals surface area contributed by atoms with E-state index in [9.17, 15) is 4.79 Å². The lowest BCUT2D eigenvalue weighted by Crippen LogP contribution is -2.34. The van der Waals surface area contributed by atoms with Crippen molar-refractivity contribution in [1.82, 2.24) is 5.32 Å². The highest BCUT2D eigenvalue weighted by Crippen LogP contribution is 2.23. The lowest BCUT2D eigenvalue weighted by molar-refractivity contribution is -0.126. The zero-order chi connectivity index (χ0) is 13.5. The molecule has 1 aromatic carbocycles. The molecule has 1 amide bonds. The Kier molecular flexibility index (Phi) is 6.16. The molecule has 1 rings (SSSR count). The molecule has 0 aliphatic heterocycles. The van der Waals surface area contributed by atoms with E-state index >= 15 is 0 Å². The summed E-state index contributed by atoms with van der Waals surface area (Å²) in [7, 11) is 0.